The third kappa shape index (κ3) is 4.73. The molecule has 0 N–H and O–H groups in total. The number of aromatic nitrogens is 3. The van der Waals surface area contributed by atoms with Crippen molar-refractivity contribution < 1.29 is 4.42 Å². The lowest BCUT2D eigenvalue weighted by atomic mass is 9.96. The molecule has 0 aliphatic heterocycles. The zero-order valence-electron chi connectivity index (χ0n) is 28.9. The molecule has 1 aliphatic rings. The van der Waals surface area contributed by atoms with Crippen LogP contribution in [0.4, 0.5) is 0 Å². The van der Waals surface area contributed by atoms with Gasteiger partial charge in [-0.2, -0.15) is 0 Å². The van der Waals surface area contributed by atoms with Crippen LogP contribution in [0.5, 0.6) is 0 Å². The van der Waals surface area contributed by atoms with Crippen LogP contribution in [0.25, 0.3) is 95.0 Å². The summed E-state index contributed by atoms with van der Waals surface area (Å²) in [4.78, 5) is 5.21. The van der Waals surface area contributed by atoms with Crippen molar-refractivity contribution >= 4 is 49.9 Å². The van der Waals surface area contributed by atoms with Crippen molar-refractivity contribution in [1.82, 2.24) is 14.1 Å². The van der Waals surface area contributed by atoms with E-state index < -0.39 is 0 Å². The SMILES string of the molecule is C1=Cc2c(c3ccccc3n2-c2cc(-c3cc(-c4ccccc4)cc4oc(-c5ccccc5)nc34)cc(-n3c4ccccc4c4ccccc43)c2)CC1. The fraction of sp³-hybridized carbons (Fsp3) is 0.0408. The molecule has 0 fully saturated rings. The van der Waals surface area contributed by atoms with Crippen molar-refractivity contribution in [2.24, 2.45) is 0 Å². The van der Waals surface area contributed by atoms with Crippen molar-refractivity contribution in [2.45, 2.75) is 12.8 Å². The maximum Gasteiger partial charge on any atom is 0.227 e. The molecule has 0 radical (unpaired) electrons. The third-order valence-electron chi connectivity index (χ3n) is 10.8. The van der Waals surface area contributed by atoms with Crippen LogP contribution in [0.2, 0.25) is 0 Å². The van der Waals surface area contributed by atoms with E-state index in [1.807, 2.05) is 18.2 Å². The van der Waals surface area contributed by atoms with E-state index in [9.17, 15) is 0 Å². The highest BCUT2D eigenvalue weighted by atomic mass is 16.3. The molecule has 53 heavy (non-hydrogen) atoms. The van der Waals surface area contributed by atoms with Crippen LogP contribution in [0.1, 0.15) is 17.7 Å². The molecule has 0 unspecified atom stereocenters. The Balaban J connectivity index is 1.26. The Morgan fingerprint density at radius 3 is 1.77 bits per heavy atom. The van der Waals surface area contributed by atoms with Crippen molar-refractivity contribution in [3.05, 3.63) is 181 Å². The molecule has 3 aromatic heterocycles. The molecule has 0 atom stereocenters. The van der Waals surface area contributed by atoms with Crippen molar-refractivity contribution in [3.8, 4) is 45.1 Å². The Labute approximate surface area is 306 Å². The molecule has 250 valence electrons. The van der Waals surface area contributed by atoms with Gasteiger partial charge in [0.15, 0.2) is 5.58 Å². The van der Waals surface area contributed by atoms with E-state index in [2.05, 4.69) is 167 Å². The van der Waals surface area contributed by atoms with Gasteiger partial charge in [0.05, 0.1) is 16.6 Å². The van der Waals surface area contributed by atoms with E-state index in [-0.39, 0.29) is 0 Å². The number of fused-ring (bicyclic) bond motifs is 7. The quantitative estimate of drug-likeness (QED) is 0.181. The molecule has 0 amide bonds. The number of hydrogen-bond acceptors (Lipinski definition) is 2. The third-order valence-corrected chi connectivity index (χ3v) is 10.8. The second-order valence-corrected chi connectivity index (χ2v) is 13.9. The lowest BCUT2D eigenvalue weighted by molar-refractivity contribution is 0.620. The summed E-state index contributed by atoms with van der Waals surface area (Å²) < 4.78 is 11.5. The zero-order valence-corrected chi connectivity index (χ0v) is 28.9. The summed E-state index contributed by atoms with van der Waals surface area (Å²) in [6.07, 6.45) is 6.69. The Morgan fingerprint density at radius 1 is 0.491 bits per heavy atom. The van der Waals surface area contributed by atoms with Crippen LogP contribution >= 0.6 is 0 Å². The highest BCUT2D eigenvalue weighted by Crippen LogP contribution is 2.41. The number of oxazole rings is 1. The second-order valence-electron chi connectivity index (χ2n) is 13.9. The van der Waals surface area contributed by atoms with Crippen LogP contribution in [0.15, 0.2) is 174 Å². The molecule has 0 saturated heterocycles. The van der Waals surface area contributed by atoms with Crippen molar-refractivity contribution in [3.63, 3.8) is 0 Å². The summed E-state index contributed by atoms with van der Waals surface area (Å²) in [7, 11) is 0. The maximum atomic E-state index is 6.60. The number of aryl methyl sites for hydroxylation is 1. The standard InChI is InChI=1S/C49H33N3O/c1-3-15-32(16-4-1)34-29-42(48-47(30-34)53-49(50-48)33-17-5-2-6-18-33)35-27-36(51-43-23-11-7-19-38(43)39-20-8-12-24-44(39)51)31-37(28-35)52-45-25-13-9-21-40(45)41-22-10-14-26-46(41)52/h1-9,11-21,23-31H,10,22H2. The van der Waals surface area contributed by atoms with Gasteiger partial charge >= 0.3 is 0 Å². The van der Waals surface area contributed by atoms with Crippen LogP contribution in [-0.4, -0.2) is 14.1 Å². The Hall–Kier alpha value is -6.91. The molecular formula is C49H33N3O. The van der Waals surface area contributed by atoms with Crippen LogP contribution in [0.3, 0.4) is 0 Å². The molecule has 10 aromatic rings. The van der Waals surface area contributed by atoms with Crippen molar-refractivity contribution in [2.75, 3.05) is 0 Å². The minimum Gasteiger partial charge on any atom is -0.436 e. The highest BCUT2D eigenvalue weighted by Gasteiger charge is 2.22. The largest absolute Gasteiger partial charge is 0.436 e. The molecule has 1 aliphatic carbocycles. The average molecular weight is 680 g/mol. The number of allylic oxidation sites excluding steroid dienone is 1. The van der Waals surface area contributed by atoms with Gasteiger partial charge in [-0.15, -0.1) is 0 Å². The predicted molar refractivity (Wildman–Crippen MR) is 219 cm³/mol. The zero-order chi connectivity index (χ0) is 34.9. The molecular weight excluding hydrogens is 647 g/mol. The number of hydrogen-bond donors (Lipinski definition) is 0. The number of para-hydroxylation sites is 3. The first-order chi connectivity index (χ1) is 26.3. The van der Waals surface area contributed by atoms with Crippen LogP contribution in [0, 0.1) is 0 Å². The highest BCUT2D eigenvalue weighted by molar-refractivity contribution is 6.09. The first-order valence-electron chi connectivity index (χ1n) is 18.3. The number of nitrogens with zero attached hydrogens (tertiary/aromatic N) is 3. The maximum absolute atomic E-state index is 6.60. The second kappa shape index (κ2) is 11.8. The lowest BCUT2D eigenvalue weighted by Crippen LogP contribution is -2.03. The van der Waals surface area contributed by atoms with Crippen molar-refractivity contribution in [1.29, 1.82) is 0 Å². The Morgan fingerprint density at radius 2 is 1.08 bits per heavy atom. The summed E-state index contributed by atoms with van der Waals surface area (Å²) >= 11 is 0. The molecule has 3 heterocycles. The van der Waals surface area contributed by atoms with E-state index in [1.165, 1.54) is 44.0 Å². The van der Waals surface area contributed by atoms with Crippen LogP contribution < -0.4 is 0 Å². The lowest BCUT2D eigenvalue weighted by Gasteiger charge is -2.17. The van der Waals surface area contributed by atoms with Gasteiger partial charge in [-0.1, -0.05) is 109 Å². The van der Waals surface area contributed by atoms with Gasteiger partial charge in [0, 0.05) is 44.4 Å². The summed E-state index contributed by atoms with van der Waals surface area (Å²) in [5.74, 6) is 0.612. The van der Waals surface area contributed by atoms with Gasteiger partial charge < -0.3 is 13.6 Å². The summed E-state index contributed by atoms with van der Waals surface area (Å²) in [5.41, 5.74) is 15.3. The van der Waals surface area contributed by atoms with E-state index in [1.54, 1.807) is 0 Å². The van der Waals surface area contributed by atoms with Crippen LogP contribution in [-0.2, 0) is 6.42 Å². The summed E-state index contributed by atoms with van der Waals surface area (Å²) in [6.45, 7) is 0. The van der Waals surface area contributed by atoms with E-state index in [4.69, 9.17) is 9.40 Å². The monoisotopic (exact) mass is 679 g/mol. The van der Waals surface area contributed by atoms with E-state index >= 15 is 0 Å². The molecule has 11 rings (SSSR count). The fourth-order valence-electron chi connectivity index (χ4n) is 8.43. The van der Waals surface area contributed by atoms with Gasteiger partial charge in [-0.25, -0.2) is 4.98 Å². The number of benzene rings is 7. The topological polar surface area (TPSA) is 35.9 Å². The van der Waals surface area contributed by atoms with E-state index in [0.717, 1.165) is 63.1 Å². The van der Waals surface area contributed by atoms with Gasteiger partial charge in [0.2, 0.25) is 5.89 Å². The van der Waals surface area contributed by atoms with Gasteiger partial charge in [-0.3, -0.25) is 0 Å². The smallest absolute Gasteiger partial charge is 0.227 e. The van der Waals surface area contributed by atoms with Gasteiger partial charge in [0.1, 0.15) is 5.52 Å². The Bertz CT molecular complexity index is 3000. The summed E-state index contributed by atoms with van der Waals surface area (Å²) in [5, 5.41) is 3.78. The fourth-order valence-corrected chi connectivity index (χ4v) is 8.43. The summed E-state index contributed by atoms with van der Waals surface area (Å²) in [6, 6.07) is 58.5. The first-order valence-corrected chi connectivity index (χ1v) is 18.3. The molecule has 0 spiro atoms. The minimum absolute atomic E-state index is 0.612. The first kappa shape index (κ1) is 29.8. The van der Waals surface area contributed by atoms with Gasteiger partial charge in [0.25, 0.3) is 0 Å². The molecule has 7 aromatic carbocycles. The van der Waals surface area contributed by atoms with Gasteiger partial charge in [-0.05, 0) is 102 Å². The molecule has 4 heteroatoms. The predicted octanol–water partition coefficient (Wildman–Crippen LogP) is 12.8. The molecule has 0 bridgehead atoms. The molecule has 0 saturated carbocycles. The minimum atomic E-state index is 0.612. The van der Waals surface area contributed by atoms with E-state index in [0.29, 0.717) is 5.89 Å². The number of rotatable bonds is 5. The molecule has 4 nitrogen and oxygen atoms in total. The normalized spacial score (nSPS) is 12.7. The average Bonchev–Trinajstić information content (AvgIpc) is 3.92. The Kier molecular flexibility index (Phi) is 6.65.